The van der Waals surface area contributed by atoms with E-state index in [0.29, 0.717) is 24.4 Å². The molecule has 0 aliphatic carbocycles. The maximum Gasteiger partial charge on any atom is 0.248 e. The molecule has 2 N–H and O–H groups in total. The van der Waals surface area contributed by atoms with Crippen LogP contribution in [0, 0.1) is 0 Å². The van der Waals surface area contributed by atoms with Crippen molar-refractivity contribution < 1.29 is 13.9 Å². The third-order valence-corrected chi connectivity index (χ3v) is 14.2. The number of hydrogen-bond acceptors (Lipinski definition) is 5. The Bertz CT molecular complexity index is 2090. The molecule has 0 aliphatic heterocycles. The molecule has 0 aliphatic rings. The zero-order valence-electron chi connectivity index (χ0n) is 30.2. The second kappa shape index (κ2) is 15.9. The molecule has 0 fully saturated rings. The standard InChI is InChI=1S/C44H48N2O4Si/c1-44(2,3)51(4,5)50-41(38-23-25-40(43-39(38)24-26-42(47)46-43)48-31-33-13-8-6-9-14-33)30-45-28-27-32-19-21-36(22-20-32)49-37-18-12-17-35(29-37)34-15-10-7-11-16-34/h6-26,29,41,45H,27-28,30-31H2,1-5H3,(H,46,47)/t41-/m0/s1. The van der Waals surface area contributed by atoms with E-state index in [4.69, 9.17) is 13.9 Å². The minimum atomic E-state index is -2.16. The van der Waals surface area contributed by atoms with Crippen LogP contribution in [0.25, 0.3) is 22.0 Å². The van der Waals surface area contributed by atoms with E-state index in [1.807, 2.05) is 84.9 Å². The van der Waals surface area contributed by atoms with Gasteiger partial charge in [0.05, 0.1) is 11.6 Å². The summed E-state index contributed by atoms with van der Waals surface area (Å²) < 4.78 is 19.5. The van der Waals surface area contributed by atoms with Crippen LogP contribution in [0.2, 0.25) is 18.1 Å². The fourth-order valence-corrected chi connectivity index (χ4v) is 7.10. The lowest BCUT2D eigenvalue weighted by Gasteiger charge is -2.39. The van der Waals surface area contributed by atoms with Gasteiger partial charge in [0.25, 0.3) is 0 Å². The lowest BCUT2D eigenvalue weighted by Crippen LogP contribution is -2.43. The molecule has 6 rings (SSSR count). The van der Waals surface area contributed by atoms with Crippen LogP contribution >= 0.6 is 0 Å². The Hall–Kier alpha value is -4.95. The first-order valence-corrected chi connectivity index (χ1v) is 20.6. The number of benzene rings is 5. The fraction of sp³-hybridized carbons (Fsp3) is 0.250. The van der Waals surface area contributed by atoms with Gasteiger partial charge < -0.3 is 24.2 Å². The van der Waals surface area contributed by atoms with Gasteiger partial charge in [-0.25, -0.2) is 0 Å². The average molecular weight is 697 g/mol. The van der Waals surface area contributed by atoms with Gasteiger partial charge in [0, 0.05) is 18.0 Å². The SMILES string of the molecule is CC(C)(C)[Si](C)(C)O[C@@H](CNCCc1ccc(Oc2cccc(-c3ccccc3)c2)cc1)c1ccc(OCc2ccccc2)c2[nH]c(=O)ccc12. The number of hydrogen-bond donors (Lipinski definition) is 2. The number of aromatic nitrogens is 1. The van der Waals surface area contributed by atoms with E-state index >= 15 is 0 Å². The molecule has 51 heavy (non-hydrogen) atoms. The smallest absolute Gasteiger partial charge is 0.248 e. The summed E-state index contributed by atoms with van der Waals surface area (Å²) in [5.41, 5.74) is 6.12. The Morgan fingerprint density at radius 1 is 0.725 bits per heavy atom. The molecule has 0 spiro atoms. The number of H-pyrrole nitrogens is 1. The van der Waals surface area contributed by atoms with Crippen LogP contribution in [0.5, 0.6) is 17.2 Å². The Kier molecular flexibility index (Phi) is 11.2. The van der Waals surface area contributed by atoms with E-state index in [9.17, 15) is 4.79 Å². The average Bonchev–Trinajstić information content (AvgIpc) is 3.13. The Balaban J connectivity index is 1.14. The molecule has 0 radical (unpaired) electrons. The van der Waals surface area contributed by atoms with Crippen LogP contribution in [0.3, 0.4) is 0 Å². The second-order valence-electron chi connectivity index (χ2n) is 14.5. The molecule has 6 nitrogen and oxygen atoms in total. The van der Waals surface area contributed by atoms with Gasteiger partial charge in [0.1, 0.15) is 23.9 Å². The molecule has 6 aromatic rings. The fourth-order valence-electron chi connectivity index (χ4n) is 5.83. The van der Waals surface area contributed by atoms with Crippen LogP contribution in [0.1, 0.15) is 43.6 Å². The first kappa shape index (κ1) is 35.9. The van der Waals surface area contributed by atoms with Crippen LogP contribution in [0.15, 0.2) is 138 Å². The normalized spacial score (nSPS) is 12.5. The highest BCUT2D eigenvalue weighted by Crippen LogP contribution is 2.41. The summed E-state index contributed by atoms with van der Waals surface area (Å²) in [6, 6.07) is 44.4. The van der Waals surface area contributed by atoms with E-state index in [2.05, 4.69) is 86.6 Å². The van der Waals surface area contributed by atoms with Gasteiger partial charge in [-0.3, -0.25) is 4.79 Å². The summed E-state index contributed by atoms with van der Waals surface area (Å²) in [5.74, 6) is 2.26. The van der Waals surface area contributed by atoms with Crippen LogP contribution in [-0.4, -0.2) is 26.4 Å². The summed E-state index contributed by atoms with van der Waals surface area (Å²) in [5, 5.41) is 4.64. The van der Waals surface area contributed by atoms with Crippen molar-refractivity contribution in [3.8, 4) is 28.4 Å². The monoisotopic (exact) mass is 696 g/mol. The molecule has 1 heterocycles. The first-order valence-electron chi connectivity index (χ1n) is 17.7. The van der Waals surface area contributed by atoms with Gasteiger partial charge in [0.15, 0.2) is 8.32 Å². The van der Waals surface area contributed by atoms with Crippen molar-refractivity contribution in [2.45, 2.75) is 58.0 Å². The lowest BCUT2D eigenvalue weighted by molar-refractivity contribution is 0.182. The number of rotatable bonds is 14. The highest BCUT2D eigenvalue weighted by Gasteiger charge is 2.39. The zero-order chi connectivity index (χ0) is 35.8. The van der Waals surface area contributed by atoms with Gasteiger partial charge in [0.2, 0.25) is 5.56 Å². The highest BCUT2D eigenvalue weighted by atomic mass is 28.4. The van der Waals surface area contributed by atoms with Crippen molar-refractivity contribution in [2.75, 3.05) is 13.1 Å². The molecule has 5 aromatic carbocycles. The van der Waals surface area contributed by atoms with E-state index in [-0.39, 0.29) is 16.7 Å². The molecule has 0 bridgehead atoms. The largest absolute Gasteiger partial charge is 0.487 e. The maximum absolute atomic E-state index is 12.5. The number of ether oxygens (including phenoxy) is 2. The Labute approximate surface area is 302 Å². The van der Waals surface area contributed by atoms with Gasteiger partial charge in [-0.2, -0.15) is 0 Å². The minimum absolute atomic E-state index is 0.0286. The van der Waals surface area contributed by atoms with E-state index in [0.717, 1.165) is 52.1 Å². The first-order chi connectivity index (χ1) is 24.6. The van der Waals surface area contributed by atoms with Crippen molar-refractivity contribution in [3.05, 3.63) is 161 Å². The summed E-state index contributed by atoms with van der Waals surface area (Å²) in [6.45, 7) is 13.2. The van der Waals surface area contributed by atoms with Gasteiger partial charge in [-0.15, -0.1) is 0 Å². The lowest BCUT2D eigenvalue weighted by atomic mass is 10.0. The molecule has 262 valence electrons. The quantitative estimate of drug-likeness (QED) is 0.0876. The van der Waals surface area contributed by atoms with E-state index < -0.39 is 8.32 Å². The molecule has 1 aromatic heterocycles. The Morgan fingerprint density at radius 3 is 2.16 bits per heavy atom. The molecule has 1 atom stereocenters. The summed E-state index contributed by atoms with van der Waals surface area (Å²) in [4.78, 5) is 15.6. The predicted octanol–water partition coefficient (Wildman–Crippen LogP) is 10.5. The number of aromatic amines is 1. The van der Waals surface area contributed by atoms with Crippen LogP contribution in [-0.2, 0) is 17.5 Å². The number of nitrogens with one attached hydrogen (secondary N) is 2. The number of fused-ring (bicyclic) bond motifs is 1. The van der Waals surface area contributed by atoms with Crippen molar-refractivity contribution >= 4 is 19.2 Å². The molecule has 0 saturated heterocycles. The zero-order valence-corrected chi connectivity index (χ0v) is 31.2. The third kappa shape index (κ3) is 9.24. The van der Waals surface area contributed by atoms with Crippen LogP contribution in [0.4, 0.5) is 0 Å². The second-order valence-corrected chi connectivity index (χ2v) is 19.3. The summed E-state index contributed by atoms with van der Waals surface area (Å²) >= 11 is 0. The molecule has 7 heteroatoms. The van der Waals surface area contributed by atoms with Crippen molar-refractivity contribution in [3.63, 3.8) is 0 Å². The summed E-state index contributed by atoms with van der Waals surface area (Å²) in [7, 11) is -2.16. The molecule has 0 unspecified atom stereocenters. The van der Waals surface area contributed by atoms with Crippen molar-refractivity contribution in [1.82, 2.24) is 10.3 Å². The maximum atomic E-state index is 12.5. The van der Waals surface area contributed by atoms with Crippen molar-refractivity contribution in [1.29, 1.82) is 0 Å². The van der Waals surface area contributed by atoms with Gasteiger partial charge in [-0.1, -0.05) is 112 Å². The third-order valence-electron chi connectivity index (χ3n) is 9.74. The topological polar surface area (TPSA) is 72.6 Å². The summed E-state index contributed by atoms with van der Waals surface area (Å²) in [6.07, 6.45) is 0.640. The molecule has 0 saturated carbocycles. The molecule has 0 amide bonds. The van der Waals surface area contributed by atoms with Crippen molar-refractivity contribution in [2.24, 2.45) is 0 Å². The van der Waals surface area contributed by atoms with Gasteiger partial charge >= 0.3 is 0 Å². The predicted molar refractivity (Wildman–Crippen MR) is 211 cm³/mol. The van der Waals surface area contributed by atoms with E-state index in [1.54, 1.807) is 6.07 Å². The molecular weight excluding hydrogens is 649 g/mol. The highest BCUT2D eigenvalue weighted by molar-refractivity contribution is 6.74. The number of pyridine rings is 1. The van der Waals surface area contributed by atoms with Gasteiger partial charge in [-0.05, 0) is 95.3 Å². The Morgan fingerprint density at radius 2 is 1.43 bits per heavy atom. The van der Waals surface area contributed by atoms with Crippen LogP contribution < -0.4 is 20.3 Å². The van der Waals surface area contributed by atoms with E-state index in [1.165, 1.54) is 5.56 Å². The molecular formula is C44H48N2O4Si. The minimum Gasteiger partial charge on any atom is -0.487 e.